The normalized spacial score (nSPS) is 28.7. The second-order valence-corrected chi connectivity index (χ2v) is 16.1. The Morgan fingerprint density at radius 2 is 1.10 bits per heavy atom. The Hall–Kier alpha value is -3.16. The number of benzene rings is 3. The molecular formula is C33H33NO4S2. The highest BCUT2D eigenvalue weighted by atomic mass is 32.2. The highest BCUT2D eigenvalue weighted by molar-refractivity contribution is 7.96. The molecule has 4 bridgehead atoms. The van der Waals surface area contributed by atoms with E-state index in [1.807, 2.05) is 43.3 Å². The van der Waals surface area contributed by atoms with Crippen LogP contribution in [0.5, 0.6) is 0 Å². The minimum atomic E-state index is -3.97. The first-order valence-electron chi connectivity index (χ1n) is 14.0. The number of rotatable bonds is 6. The second-order valence-electron chi connectivity index (χ2n) is 11.8. The summed E-state index contributed by atoms with van der Waals surface area (Å²) in [5, 5.41) is -2.12. The van der Waals surface area contributed by atoms with Crippen molar-refractivity contribution in [2.75, 3.05) is 19.0 Å². The van der Waals surface area contributed by atoms with E-state index >= 15 is 0 Å². The summed E-state index contributed by atoms with van der Waals surface area (Å²) in [6.07, 6.45) is 5.25. The van der Waals surface area contributed by atoms with Gasteiger partial charge in [-0.05, 0) is 73.1 Å². The van der Waals surface area contributed by atoms with E-state index in [0.29, 0.717) is 11.8 Å². The average Bonchev–Trinajstić information content (AvgIpc) is 3.73. The molecular weight excluding hydrogens is 539 g/mol. The number of nitrogens with zero attached hydrogens (tertiary/aromatic N) is 1. The summed E-state index contributed by atoms with van der Waals surface area (Å²) >= 11 is 0. The standard InChI is InChI=1S/C33H33NO4S2/c1-34(2)24-17-13-21(14-18-24)19-27-30-28-22-15-16-23(20-22)29(28)31(27)33(40(37,38)26-11-7-4-8-12-26)32(30)39(35,36)25-9-5-3-6-10-25/h3-14,17-19,22-23,30-33H,15-16,20H2,1-2H3. The van der Waals surface area contributed by atoms with Crippen molar-refractivity contribution in [2.45, 2.75) is 39.6 Å². The van der Waals surface area contributed by atoms with Crippen molar-refractivity contribution in [1.82, 2.24) is 0 Å². The average molecular weight is 572 g/mol. The predicted octanol–water partition coefficient (Wildman–Crippen LogP) is 5.81. The SMILES string of the molecule is CN(C)c1ccc(C=C2C3C4=C(C5CCC4C5)C2C(S(=O)(=O)c2ccccc2)C3S(=O)(=O)c2ccccc2)cc1. The first-order valence-corrected chi connectivity index (χ1v) is 17.1. The molecule has 7 rings (SSSR count). The number of sulfone groups is 2. The van der Waals surface area contributed by atoms with Gasteiger partial charge >= 0.3 is 0 Å². The molecule has 0 aromatic heterocycles. The number of hydrogen-bond donors (Lipinski definition) is 0. The molecule has 3 aromatic carbocycles. The van der Waals surface area contributed by atoms with Crippen LogP contribution in [0.2, 0.25) is 0 Å². The molecule has 0 aliphatic heterocycles. The summed E-state index contributed by atoms with van der Waals surface area (Å²) in [6, 6.07) is 25.0. The zero-order chi connectivity index (χ0) is 27.8. The summed E-state index contributed by atoms with van der Waals surface area (Å²) in [7, 11) is -3.95. The van der Waals surface area contributed by atoms with Gasteiger partial charge in [0.2, 0.25) is 0 Å². The van der Waals surface area contributed by atoms with Crippen LogP contribution in [0, 0.1) is 23.7 Å². The Morgan fingerprint density at radius 3 is 1.52 bits per heavy atom. The lowest BCUT2D eigenvalue weighted by Gasteiger charge is -2.35. The third-order valence-corrected chi connectivity index (χ3v) is 14.2. The van der Waals surface area contributed by atoms with Gasteiger partial charge < -0.3 is 4.90 Å². The zero-order valence-corrected chi connectivity index (χ0v) is 24.3. The Labute approximate surface area is 237 Å². The van der Waals surface area contributed by atoms with Gasteiger partial charge in [0.05, 0.1) is 20.3 Å². The molecule has 0 heterocycles. The lowest BCUT2D eigenvalue weighted by atomic mass is 9.82. The Balaban J connectivity index is 1.46. The molecule has 0 N–H and O–H groups in total. The van der Waals surface area contributed by atoms with Gasteiger partial charge in [0, 0.05) is 31.6 Å². The van der Waals surface area contributed by atoms with Crippen LogP contribution in [-0.2, 0) is 19.7 Å². The molecule has 6 unspecified atom stereocenters. The minimum absolute atomic E-state index is 0.195. The molecule has 4 aliphatic rings. The van der Waals surface area contributed by atoms with Crippen molar-refractivity contribution in [3.63, 3.8) is 0 Å². The van der Waals surface area contributed by atoms with E-state index in [4.69, 9.17) is 0 Å². The Morgan fingerprint density at radius 1 is 0.650 bits per heavy atom. The van der Waals surface area contributed by atoms with Crippen molar-refractivity contribution in [3.8, 4) is 0 Å². The van der Waals surface area contributed by atoms with Gasteiger partial charge in [-0.3, -0.25) is 0 Å². The maximum Gasteiger partial charge on any atom is 0.183 e. The molecule has 2 fully saturated rings. The summed E-state index contributed by atoms with van der Waals surface area (Å²) in [5.41, 5.74) is 5.48. The van der Waals surface area contributed by atoms with Gasteiger partial charge in [0.1, 0.15) is 0 Å². The van der Waals surface area contributed by atoms with E-state index in [-0.39, 0.29) is 9.79 Å². The first kappa shape index (κ1) is 25.8. The monoisotopic (exact) mass is 571 g/mol. The highest BCUT2D eigenvalue weighted by Gasteiger charge is 2.67. The fourth-order valence-corrected chi connectivity index (χ4v) is 13.0. The van der Waals surface area contributed by atoms with E-state index in [1.54, 1.807) is 60.7 Å². The van der Waals surface area contributed by atoms with Gasteiger partial charge in [-0.15, -0.1) is 0 Å². The van der Waals surface area contributed by atoms with E-state index in [9.17, 15) is 16.8 Å². The van der Waals surface area contributed by atoms with Gasteiger partial charge in [0.25, 0.3) is 0 Å². The van der Waals surface area contributed by atoms with Crippen molar-refractivity contribution in [2.24, 2.45) is 23.7 Å². The van der Waals surface area contributed by atoms with Crippen LogP contribution in [-0.4, -0.2) is 41.4 Å². The molecule has 2 saturated carbocycles. The number of fused-ring (bicyclic) bond motifs is 8. The molecule has 5 nitrogen and oxygen atoms in total. The quantitative estimate of drug-likeness (QED) is 0.276. The smallest absolute Gasteiger partial charge is 0.183 e. The highest BCUT2D eigenvalue weighted by Crippen LogP contribution is 2.68. The summed E-state index contributed by atoms with van der Waals surface area (Å²) in [6.45, 7) is 0. The molecule has 0 saturated heterocycles. The third kappa shape index (κ3) is 3.70. The first-order chi connectivity index (χ1) is 19.2. The molecule has 4 aliphatic carbocycles. The summed E-state index contributed by atoms with van der Waals surface area (Å²) < 4.78 is 58.0. The molecule has 0 spiro atoms. The van der Waals surface area contributed by atoms with Crippen LogP contribution in [0.1, 0.15) is 24.8 Å². The second kappa shape index (κ2) is 9.18. The largest absolute Gasteiger partial charge is 0.378 e. The van der Waals surface area contributed by atoms with Crippen molar-refractivity contribution < 1.29 is 16.8 Å². The summed E-state index contributed by atoms with van der Waals surface area (Å²) in [4.78, 5) is 2.43. The molecule has 6 atom stereocenters. The van der Waals surface area contributed by atoms with Crippen molar-refractivity contribution in [3.05, 3.63) is 107 Å². The number of allylic oxidation sites excluding steroid dienone is 3. The molecule has 40 heavy (non-hydrogen) atoms. The summed E-state index contributed by atoms with van der Waals surface area (Å²) in [5.74, 6) is -0.137. The molecule has 0 radical (unpaired) electrons. The van der Waals surface area contributed by atoms with Crippen LogP contribution in [0.4, 0.5) is 5.69 Å². The van der Waals surface area contributed by atoms with Crippen LogP contribution < -0.4 is 4.90 Å². The maximum absolute atomic E-state index is 14.5. The van der Waals surface area contributed by atoms with E-state index in [2.05, 4.69) is 6.08 Å². The van der Waals surface area contributed by atoms with Gasteiger partial charge in [-0.1, -0.05) is 71.3 Å². The van der Waals surface area contributed by atoms with Crippen LogP contribution in [0.15, 0.2) is 111 Å². The van der Waals surface area contributed by atoms with Crippen LogP contribution in [0.25, 0.3) is 6.08 Å². The minimum Gasteiger partial charge on any atom is -0.378 e. The van der Waals surface area contributed by atoms with Gasteiger partial charge in [-0.2, -0.15) is 0 Å². The lowest BCUT2D eigenvalue weighted by molar-refractivity contribution is 0.494. The topological polar surface area (TPSA) is 71.5 Å². The number of hydrogen-bond acceptors (Lipinski definition) is 5. The predicted molar refractivity (Wildman–Crippen MR) is 158 cm³/mol. The lowest BCUT2D eigenvalue weighted by Crippen LogP contribution is -2.45. The van der Waals surface area contributed by atoms with Crippen molar-refractivity contribution in [1.29, 1.82) is 0 Å². The molecule has 0 amide bonds. The van der Waals surface area contributed by atoms with E-state index in [0.717, 1.165) is 36.1 Å². The number of anilines is 1. The Bertz CT molecular complexity index is 1640. The fourth-order valence-electron chi connectivity index (χ4n) is 8.04. The molecule has 206 valence electrons. The van der Waals surface area contributed by atoms with Gasteiger partial charge in [-0.25, -0.2) is 16.8 Å². The van der Waals surface area contributed by atoms with Crippen LogP contribution >= 0.6 is 0 Å². The third-order valence-electron chi connectivity index (χ3n) is 9.62. The van der Waals surface area contributed by atoms with Gasteiger partial charge in [0.15, 0.2) is 19.7 Å². The molecule has 3 aromatic rings. The molecule has 7 heteroatoms. The van der Waals surface area contributed by atoms with Crippen LogP contribution in [0.3, 0.4) is 0 Å². The Kier molecular flexibility index (Phi) is 5.92. The van der Waals surface area contributed by atoms with E-state index in [1.165, 1.54) is 11.1 Å². The maximum atomic E-state index is 14.5. The fraction of sp³-hybridized carbons (Fsp3) is 0.333. The van der Waals surface area contributed by atoms with Crippen molar-refractivity contribution >= 4 is 31.4 Å². The zero-order valence-electron chi connectivity index (χ0n) is 22.6. The van der Waals surface area contributed by atoms with E-state index < -0.39 is 42.0 Å².